The largest absolute Gasteiger partial charge is 0.451 e. The number of hydrogen-bond acceptors (Lipinski definition) is 7. The van der Waals surface area contributed by atoms with Crippen molar-refractivity contribution in [2.24, 2.45) is 0 Å². The Labute approximate surface area is 179 Å². The second kappa shape index (κ2) is 8.06. The smallest absolute Gasteiger partial charge is 0.289 e. The first-order valence-electron chi connectivity index (χ1n) is 10.2. The summed E-state index contributed by atoms with van der Waals surface area (Å²) < 4.78 is 5.72. The fourth-order valence-corrected chi connectivity index (χ4v) is 3.62. The van der Waals surface area contributed by atoms with Gasteiger partial charge in [-0.3, -0.25) is 4.79 Å². The summed E-state index contributed by atoms with van der Waals surface area (Å²) in [6.45, 7) is 4.57. The van der Waals surface area contributed by atoms with Gasteiger partial charge in [0.15, 0.2) is 17.4 Å². The average Bonchev–Trinajstić information content (AvgIpc) is 3.25. The van der Waals surface area contributed by atoms with E-state index in [4.69, 9.17) is 4.42 Å². The standard InChI is InChI=1S/C23H22N6O2/c1-16-6-7-20(24-15-16)25-21-8-9-22(27-26-21)28-10-12-29(13-11-28)23(30)19-14-17-4-2-3-5-18(17)31-19/h2-9,14-15H,10-13H2,1H3,(H,24,25,26). The van der Waals surface area contributed by atoms with Gasteiger partial charge in [-0.25, -0.2) is 4.98 Å². The molecule has 4 heterocycles. The van der Waals surface area contributed by atoms with E-state index in [1.54, 1.807) is 6.20 Å². The normalized spacial score (nSPS) is 14.1. The van der Waals surface area contributed by atoms with Crippen LogP contribution in [0, 0.1) is 6.92 Å². The predicted molar refractivity (Wildman–Crippen MR) is 119 cm³/mol. The van der Waals surface area contributed by atoms with Gasteiger partial charge in [-0.05, 0) is 42.8 Å². The number of fused-ring (bicyclic) bond motifs is 1. The molecule has 3 aromatic heterocycles. The Kier molecular flexibility index (Phi) is 4.95. The Morgan fingerprint density at radius 1 is 0.968 bits per heavy atom. The highest BCUT2D eigenvalue weighted by Gasteiger charge is 2.25. The Balaban J connectivity index is 1.20. The summed E-state index contributed by atoms with van der Waals surface area (Å²) >= 11 is 0. The van der Waals surface area contributed by atoms with Crippen LogP contribution < -0.4 is 10.2 Å². The summed E-state index contributed by atoms with van der Waals surface area (Å²) in [5.41, 5.74) is 1.83. The third-order valence-electron chi connectivity index (χ3n) is 5.35. The molecular weight excluding hydrogens is 392 g/mol. The van der Waals surface area contributed by atoms with Gasteiger partial charge in [0, 0.05) is 37.8 Å². The lowest BCUT2D eigenvalue weighted by atomic mass is 10.2. The average molecular weight is 414 g/mol. The van der Waals surface area contributed by atoms with Crippen LogP contribution >= 0.6 is 0 Å². The van der Waals surface area contributed by atoms with Crippen LogP contribution in [-0.4, -0.2) is 52.2 Å². The molecule has 1 saturated heterocycles. The van der Waals surface area contributed by atoms with Crippen LogP contribution in [0.15, 0.2) is 65.2 Å². The number of carbonyl (C=O) groups is 1. The molecule has 0 saturated carbocycles. The first kappa shape index (κ1) is 19.0. The van der Waals surface area contributed by atoms with Crippen LogP contribution in [-0.2, 0) is 0 Å². The van der Waals surface area contributed by atoms with Gasteiger partial charge in [-0.2, -0.15) is 0 Å². The minimum Gasteiger partial charge on any atom is -0.451 e. The van der Waals surface area contributed by atoms with Gasteiger partial charge in [0.05, 0.1) is 0 Å². The Morgan fingerprint density at radius 3 is 2.48 bits per heavy atom. The zero-order chi connectivity index (χ0) is 21.2. The summed E-state index contributed by atoms with van der Waals surface area (Å²) in [5.74, 6) is 2.46. The molecule has 0 unspecified atom stereocenters. The first-order chi connectivity index (χ1) is 15.2. The maximum absolute atomic E-state index is 12.8. The summed E-state index contributed by atoms with van der Waals surface area (Å²) in [6.07, 6.45) is 1.80. The lowest BCUT2D eigenvalue weighted by Gasteiger charge is -2.34. The number of hydrogen-bond donors (Lipinski definition) is 1. The third-order valence-corrected chi connectivity index (χ3v) is 5.35. The Hall–Kier alpha value is -3.94. The third kappa shape index (κ3) is 4.05. The van der Waals surface area contributed by atoms with E-state index in [0.717, 1.165) is 28.2 Å². The molecule has 31 heavy (non-hydrogen) atoms. The summed E-state index contributed by atoms with van der Waals surface area (Å²) in [7, 11) is 0. The van der Waals surface area contributed by atoms with Crippen LogP contribution in [0.25, 0.3) is 11.0 Å². The maximum Gasteiger partial charge on any atom is 0.289 e. The summed E-state index contributed by atoms with van der Waals surface area (Å²) in [6, 6.07) is 17.2. The molecule has 0 radical (unpaired) electrons. The van der Waals surface area contributed by atoms with Crippen molar-refractivity contribution in [2.45, 2.75) is 6.92 Å². The van der Waals surface area contributed by atoms with E-state index in [1.165, 1.54) is 0 Å². The number of amides is 1. The molecule has 0 atom stereocenters. The molecule has 1 fully saturated rings. The fourth-order valence-electron chi connectivity index (χ4n) is 3.62. The molecule has 0 bridgehead atoms. The molecule has 1 N–H and O–H groups in total. The van der Waals surface area contributed by atoms with Gasteiger partial charge in [0.2, 0.25) is 0 Å². The van der Waals surface area contributed by atoms with Gasteiger partial charge in [-0.1, -0.05) is 24.3 Å². The van der Waals surface area contributed by atoms with Gasteiger partial charge in [-0.15, -0.1) is 10.2 Å². The lowest BCUT2D eigenvalue weighted by Crippen LogP contribution is -2.49. The molecule has 8 heteroatoms. The minimum atomic E-state index is -0.0768. The van der Waals surface area contributed by atoms with Crippen LogP contribution in [0.3, 0.4) is 0 Å². The quantitative estimate of drug-likeness (QED) is 0.546. The van der Waals surface area contributed by atoms with Crippen molar-refractivity contribution in [2.75, 3.05) is 36.4 Å². The predicted octanol–water partition coefficient (Wildman–Crippen LogP) is 3.63. The molecule has 156 valence electrons. The number of nitrogens with zero attached hydrogens (tertiary/aromatic N) is 5. The molecule has 4 aromatic rings. The second-order valence-electron chi connectivity index (χ2n) is 7.55. The molecule has 1 amide bonds. The number of benzene rings is 1. The van der Waals surface area contributed by atoms with E-state index >= 15 is 0 Å². The highest BCUT2D eigenvalue weighted by molar-refractivity contribution is 5.96. The fraction of sp³-hybridized carbons (Fsp3) is 0.217. The van der Waals surface area contributed by atoms with E-state index in [9.17, 15) is 4.79 Å². The maximum atomic E-state index is 12.8. The van der Waals surface area contributed by atoms with Crippen molar-refractivity contribution in [3.8, 4) is 0 Å². The number of rotatable bonds is 4. The number of para-hydroxylation sites is 1. The topological polar surface area (TPSA) is 87.4 Å². The lowest BCUT2D eigenvalue weighted by molar-refractivity contribution is 0.0717. The molecule has 1 aromatic carbocycles. The van der Waals surface area contributed by atoms with E-state index in [2.05, 4.69) is 25.4 Å². The Bertz CT molecular complexity index is 1160. The summed E-state index contributed by atoms with van der Waals surface area (Å²) in [4.78, 5) is 21.1. The van der Waals surface area contributed by atoms with Crippen molar-refractivity contribution in [1.82, 2.24) is 20.1 Å². The van der Waals surface area contributed by atoms with E-state index in [0.29, 0.717) is 37.8 Å². The van der Waals surface area contributed by atoms with E-state index in [1.807, 2.05) is 66.4 Å². The monoisotopic (exact) mass is 414 g/mol. The van der Waals surface area contributed by atoms with E-state index in [-0.39, 0.29) is 5.91 Å². The van der Waals surface area contributed by atoms with Gasteiger partial charge in [0.1, 0.15) is 11.4 Å². The number of anilines is 3. The highest BCUT2D eigenvalue weighted by atomic mass is 16.3. The molecule has 1 aliphatic rings. The minimum absolute atomic E-state index is 0.0768. The van der Waals surface area contributed by atoms with Crippen molar-refractivity contribution in [3.63, 3.8) is 0 Å². The first-order valence-corrected chi connectivity index (χ1v) is 10.2. The van der Waals surface area contributed by atoms with Crippen molar-refractivity contribution >= 4 is 34.3 Å². The number of furan rings is 1. The molecular formula is C23H22N6O2. The molecule has 1 aliphatic heterocycles. The molecule has 0 spiro atoms. The number of carbonyl (C=O) groups excluding carboxylic acids is 1. The van der Waals surface area contributed by atoms with Crippen molar-refractivity contribution in [3.05, 3.63) is 72.1 Å². The van der Waals surface area contributed by atoms with E-state index < -0.39 is 0 Å². The zero-order valence-corrected chi connectivity index (χ0v) is 17.2. The number of pyridine rings is 1. The highest BCUT2D eigenvalue weighted by Crippen LogP contribution is 2.22. The zero-order valence-electron chi connectivity index (χ0n) is 17.2. The summed E-state index contributed by atoms with van der Waals surface area (Å²) in [5, 5.41) is 12.7. The molecule has 0 aliphatic carbocycles. The second-order valence-corrected chi connectivity index (χ2v) is 7.55. The van der Waals surface area contributed by atoms with Crippen LogP contribution in [0.2, 0.25) is 0 Å². The van der Waals surface area contributed by atoms with Crippen LogP contribution in [0.4, 0.5) is 17.5 Å². The van der Waals surface area contributed by atoms with Gasteiger partial charge in [0.25, 0.3) is 5.91 Å². The van der Waals surface area contributed by atoms with Crippen LogP contribution in [0.1, 0.15) is 16.1 Å². The Morgan fingerprint density at radius 2 is 1.77 bits per heavy atom. The number of piperazine rings is 1. The van der Waals surface area contributed by atoms with Crippen molar-refractivity contribution in [1.29, 1.82) is 0 Å². The molecule has 5 rings (SSSR count). The number of aromatic nitrogens is 3. The molecule has 8 nitrogen and oxygen atoms in total. The van der Waals surface area contributed by atoms with Gasteiger partial charge < -0.3 is 19.5 Å². The number of aryl methyl sites for hydroxylation is 1. The number of nitrogens with one attached hydrogen (secondary N) is 1. The van der Waals surface area contributed by atoms with Crippen LogP contribution in [0.5, 0.6) is 0 Å². The van der Waals surface area contributed by atoms with Crippen molar-refractivity contribution < 1.29 is 9.21 Å². The van der Waals surface area contributed by atoms with Gasteiger partial charge >= 0.3 is 0 Å². The SMILES string of the molecule is Cc1ccc(Nc2ccc(N3CCN(C(=O)c4cc5ccccc5o4)CC3)nn2)nc1.